The number of nitriles is 1. The van der Waals surface area contributed by atoms with E-state index in [4.69, 9.17) is 22.6 Å². The van der Waals surface area contributed by atoms with Crippen molar-refractivity contribution in [2.75, 3.05) is 0 Å². The number of nitrogens with zero attached hydrogens (tertiary/aromatic N) is 1. The van der Waals surface area contributed by atoms with E-state index in [9.17, 15) is 4.79 Å². The lowest BCUT2D eigenvalue weighted by Crippen LogP contribution is -2.25. The largest absolute Gasteiger partial charge is 0.386 e. The maximum absolute atomic E-state index is 12.1. The maximum atomic E-state index is 12.1. The number of amides is 1. The SMILES string of the molecule is N#C/C(=C/NCc1cccc(CN)c1)C(=O)NCc1ccc(Cl)cc1. The predicted molar refractivity (Wildman–Crippen MR) is 98.2 cm³/mol. The lowest BCUT2D eigenvalue weighted by atomic mass is 10.1. The lowest BCUT2D eigenvalue weighted by molar-refractivity contribution is -0.117. The highest BCUT2D eigenvalue weighted by Gasteiger charge is 2.08. The summed E-state index contributed by atoms with van der Waals surface area (Å²) in [7, 11) is 0. The number of halogens is 1. The summed E-state index contributed by atoms with van der Waals surface area (Å²) in [4.78, 5) is 12.1. The van der Waals surface area contributed by atoms with E-state index in [2.05, 4.69) is 10.6 Å². The molecular formula is C19H19ClN4O. The first-order valence-electron chi connectivity index (χ1n) is 7.76. The molecule has 0 spiro atoms. The van der Waals surface area contributed by atoms with E-state index < -0.39 is 5.91 Å². The Balaban J connectivity index is 1.89. The number of carbonyl (C=O) groups excluding carboxylic acids is 1. The highest BCUT2D eigenvalue weighted by molar-refractivity contribution is 6.30. The molecule has 4 N–H and O–H groups in total. The number of benzene rings is 2. The van der Waals surface area contributed by atoms with E-state index in [1.165, 1.54) is 6.20 Å². The number of nitrogens with two attached hydrogens (primary N) is 1. The van der Waals surface area contributed by atoms with Gasteiger partial charge in [0.1, 0.15) is 11.6 Å². The molecule has 25 heavy (non-hydrogen) atoms. The van der Waals surface area contributed by atoms with Crippen LogP contribution in [0.5, 0.6) is 0 Å². The maximum Gasteiger partial charge on any atom is 0.263 e. The lowest BCUT2D eigenvalue weighted by Gasteiger charge is -2.06. The molecule has 0 unspecified atom stereocenters. The third-order valence-corrected chi connectivity index (χ3v) is 3.76. The van der Waals surface area contributed by atoms with Gasteiger partial charge in [0.15, 0.2) is 0 Å². The molecule has 0 saturated carbocycles. The van der Waals surface area contributed by atoms with E-state index in [0.29, 0.717) is 24.7 Å². The number of carbonyl (C=O) groups is 1. The Morgan fingerprint density at radius 1 is 1.12 bits per heavy atom. The molecule has 2 rings (SSSR count). The first-order chi connectivity index (χ1) is 12.1. The predicted octanol–water partition coefficient (Wildman–Crippen LogP) is 2.61. The minimum Gasteiger partial charge on any atom is -0.386 e. The fraction of sp³-hybridized carbons (Fsp3) is 0.158. The van der Waals surface area contributed by atoms with Crippen molar-refractivity contribution in [1.29, 1.82) is 5.26 Å². The Hall–Kier alpha value is -2.81. The first-order valence-corrected chi connectivity index (χ1v) is 8.14. The van der Waals surface area contributed by atoms with Crippen LogP contribution in [0.2, 0.25) is 5.02 Å². The summed E-state index contributed by atoms with van der Waals surface area (Å²) in [5, 5.41) is 15.5. The highest BCUT2D eigenvalue weighted by Crippen LogP contribution is 2.09. The minimum absolute atomic E-state index is 0.0175. The van der Waals surface area contributed by atoms with Crippen LogP contribution in [0.15, 0.2) is 60.3 Å². The van der Waals surface area contributed by atoms with Gasteiger partial charge in [0.2, 0.25) is 0 Å². The van der Waals surface area contributed by atoms with Gasteiger partial charge < -0.3 is 16.4 Å². The first kappa shape index (κ1) is 18.5. The second kappa shape index (κ2) is 9.48. The summed E-state index contributed by atoms with van der Waals surface area (Å²) in [6.45, 7) is 1.30. The van der Waals surface area contributed by atoms with Crippen molar-refractivity contribution in [2.24, 2.45) is 5.73 Å². The molecule has 0 fully saturated rings. The number of rotatable bonds is 7. The fourth-order valence-electron chi connectivity index (χ4n) is 2.17. The highest BCUT2D eigenvalue weighted by atomic mass is 35.5. The van der Waals surface area contributed by atoms with Crippen molar-refractivity contribution in [3.8, 4) is 6.07 Å². The topological polar surface area (TPSA) is 90.9 Å². The smallest absolute Gasteiger partial charge is 0.263 e. The Bertz CT molecular complexity index is 794. The van der Waals surface area contributed by atoms with Gasteiger partial charge in [0.05, 0.1) is 0 Å². The van der Waals surface area contributed by atoms with Crippen molar-refractivity contribution in [3.05, 3.63) is 82.0 Å². The average molecular weight is 355 g/mol. The molecule has 0 aliphatic carbocycles. The van der Waals surface area contributed by atoms with Gasteiger partial charge in [-0.2, -0.15) is 5.26 Å². The van der Waals surface area contributed by atoms with Gasteiger partial charge in [-0.25, -0.2) is 0 Å². The summed E-state index contributed by atoms with van der Waals surface area (Å²) < 4.78 is 0. The van der Waals surface area contributed by atoms with Gasteiger partial charge in [0, 0.05) is 30.9 Å². The summed E-state index contributed by atoms with van der Waals surface area (Å²) in [6.07, 6.45) is 1.42. The van der Waals surface area contributed by atoms with Crippen LogP contribution < -0.4 is 16.4 Å². The number of nitrogens with one attached hydrogen (secondary N) is 2. The molecule has 0 aliphatic rings. The molecule has 0 heterocycles. The molecule has 0 aliphatic heterocycles. The minimum atomic E-state index is -0.430. The van der Waals surface area contributed by atoms with Crippen molar-refractivity contribution in [2.45, 2.75) is 19.6 Å². The molecule has 0 atom stereocenters. The Morgan fingerprint density at radius 3 is 2.52 bits per heavy atom. The zero-order valence-corrected chi connectivity index (χ0v) is 14.4. The van der Waals surface area contributed by atoms with Crippen molar-refractivity contribution >= 4 is 17.5 Å². The third-order valence-electron chi connectivity index (χ3n) is 3.51. The van der Waals surface area contributed by atoms with E-state index in [1.807, 2.05) is 42.5 Å². The molecule has 128 valence electrons. The molecule has 5 nitrogen and oxygen atoms in total. The van der Waals surface area contributed by atoms with Gasteiger partial charge in [-0.05, 0) is 28.8 Å². The molecule has 1 amide bonds. The van der Waals surface area contributed by atoms with Crippen LogP contribution in [0, 0.1) is 11.3 Å². The Labute approximate surface area is 152 Å². The van der Waals surface area contributed by atoms with Gasteiger partial charge in [-0.1, -0.05) is 48.0 Å². The van der Waals surface area contributed by atoms with Crippen LogP contribution in [-0.4, -0.2) is 5.91 Å². The Kier molecular flexibility index (Phi) is 7.02. The second-order valence-electron chi connectivity index (χ2n) is 5.38. The van der Waals surface area contributed by atoms with E-state index >= 15 is 0 Å². The molecular weight excluding hydrogens is 336 g/mol. The van der Waals surface area contributed by atoms with Crippen LogP contribution in [0.1, 0.15) is 16.7 Å². The summed E-state index contributed by atoms with van der Waals surface area (Å²) in [5.41, 5.74) is 8.59. The molecule has 0 aromatic heterocycles. The summed E-state index contributed by atoms with van der Waals surface area (Å²) in [5.74, 6) is -0.430. The zero-order valence-electron chi connectivity index (χ0n) is 13.6. The zero-order chi connectivity index (χ0) is 18.1. The van der Waals surface area contributed by atoms with Gasteiger partial charge >= 0.3 is 0 Å². The molecule has 0 bridgehead atoms. The van der Waals surface area contributed by atoms with E-state index in [1.54, 1.807) is 12.1 Å². The fourth-order valence-corrected chi connectivity index (χ4v) is 2.29. The van der Waals surface area contributed by atoms with Gasteiger partial charge in [0.25, 0.3) is 5.91 Å². The third kappa shape index (κ3) is 5.96. The summed E-state index contributed by atoms with van der Waals surface area (Å²) in [6, 6.07) is 16.8. The number of hydrogen-bond donors (Lipinski definition) is 3. The standard InChI is InChI=1S/C19H19ClN4O/c20-18-6-4-14(5-7-18)12-24-19(25)17(10-22)13-23-11-16-3-1-2-15(8-16)9-21/h1-8,13,23H,9,11-12,21H2,(H,24,25)/b17-13-. The molecule has 6 heteroatoms. The van der Waals surface area contributed by atoms with Crippen LogP contribution in [0.25, 0.3) is 0 Å². The normalized spacial score (nSPS) is 10.8. The van der Waals surface area contributed by atoms with E-state index in [0.717, 1.165) is 16.7 Å². The molecule has 2 aromatic rings. The van der Waals surface area contributed by atoms with Gasteiger partial charge in [-0.15, -0.1) is 0 Å². The van der Waals surface area contributed by atoms with Crippen LogP contribution >= 0.6 is 11.6 Å². The molecule has 0 radical (unpaired) electrons. The van der Waals surface area contributed by atoms with Crippen LogP contribution in [-0.2, 0) is 24.4 Å². The second-order valence-corrected chi connectivity index (χ2v) is 5.82. The summed E-state index contributed by atoms with van der Waals surface area (Å²) >= 11 is 5.82. The quantitative estimate of drug-likeness (QED) is 0.526. The monoisotopic (exact) mass is 354 g/mol. The van der Waals surface area contributed by atoms with E-state index in [-0.39, 0.29) is 5.57 Å². The van der Waals surface area contributed by atoms with Crippen molar-refractivity contribution in [1.82, 2.24) is 10.6 Å². The number of hydrogen-bond acceptors (Lipinski definition) is 4. The van der Waals surface area contributed by atoms with Crippen molar-refractivity contribution < 1.29 is 4.79 Å². The van der Waals surface area contributed by atoms with Gasteiger partial charge in [-0.3, -0.25) is 4.79 Å². The van der Waals surface area contributed by atoms with Crippen LogP contribution in [0.3, 0.4) is 0 Å². The van der Waals surface area contributed by atoms with Crippen LogP contribution in [0.4, 0.5) is 0 Å². The average Bonchev–Trinajstić information content (AvgIpc) is 2.64. The van der Waals surface area contributed by atoms with Crippen molar-refractivity contribution in [3.63, 3.8) is 0 Å². The molecule has 2 aromatic carbocycles. The molecule has 0 saturated heterocycles. The Morgan fingerprint density at radius 2 is 1.84 bits per heavy atom.